The standard InChI is InChI=1S/C20H27N3O3/c1-23-10-6-15(7-11-23)14-19-21-20(22-26-19)16-2-4-17(5-3-16)25-18-8-12-24-13-9-18/h2-5,15,18H,6-14H2,1H3. The molecule has 0 atom stereocenters. The molecule has 140 valence electrons. The molecule has 2 saturated heterocycles. The van der Waals surface area contributed by atoms with Crippen molar-refractivity contribution in [2.45, 2.75) is 38.2 Å². The van der Waals surface area contributed by atoms with Crippen molar-refractivity contribution in [3.63, 3.8) is 0 Å². The lowest BCUT2D eigenvalue weighted by atomic mass is 9.94. The summed E-state index contributed by atoms with van der Waals surface area (Å²) in [6.07, 6.45) is 5.44. The van der Waals surface area contributed by atoms with E-state index in [9.17, 15) is 0 Å². The second kappa shape index (κ2) is 8.18. The lowest BCUT2D eigenvalue weighted by molar-refractivity contribution is 0.0256. The number of hydrogen-bond donors (Lipinski definition) is 0. The highest BCUT2D eigenvalue weighted by Crippen LogP contribution is 2.24. The fourth-order valence-corrected chi connectivity index (χ4v) is 3.64. The maximum atomic E-state index is 6.01. The van der Waals surface area contributed by atoms with E-state index in [2.05, 4.69) is 22.1 Å². The second-order valence-electron chi connectivity index (χ2n) is 7.42. The number of benzene rings is 1. The van der Waals surface area contributed by atoms with Crippen LogP contribution in [0.2, 0.25) is 0 Å². The smallest absolute Gasteiger partial charge is 0.227 e. The van der Waals surface area contributed by atoms with E-state index < -0.39 is 0 Å². The van der Waals surface area contributed by atoms with Crippen molar-refractivity contribution in [1.82, 2.24) is 15.0 Å². The summed E-state index contributed by atoms with van der Waals surface area (Å²) in [5.74, 6) is 2.94. The minimum atomic E-state index is 0.251. The van der Waals surface area contributed by atoms with Crippen LogP contribution in [-0.2, 0) is 11.2 Å². The molecule has 26 heavy (non-hydrogen) atoms. The summed E-state index contributed by atoms with van der Waals surface area (Å²) in [6.45, 7) is 3.87. The lowest BCUT2D eigenvalue weighted by Crippen LogP contribution is -2.30. The van der Waals surface area contributed by atoms with Gasteiger partial charge in [-0.1, -0.05) is 5.16 Å². The summed E-state index contributed by atoms with van der Waals surface area (Å²) >= 11 is 0. The Kier molecular flexibility index (Phi) is 5.51. The monoisotopic (exact) mass is 357 g/mol. The number of nitrogens with zero attached hydrogens (tertiary/aromatic N) is 3. The predicted octanol–water partition coefficient (Wildman–Crippen LogP) is 3.18. The van der Waals surface area contributed by atoms with E-state index in [1.807, 2.05) is 24.3 Å². The topological polar surface area (TPSA) is 60.6 Å². The van der Waals surface area contributed by atoms with Gasteiger partial charge in [-0.25, -0.2) is 0 Å². The molecular formula is C20H27N3O3. The predicted molar refractivity (Wildman–Crippen MR) is 98.1 cm³/mol. The number of likely N-dealkylation sites (tertiary alicyclic amines) is 1. The molecule has 0 aliphatic carbocycles. The van der Waals surface area contributed by atoms with Gasteiger partial charge in [0.1, 0.15) is 11.9 Å². The molecule has 0 bridgehead atoms. The Hall–Kier alpha value is -1.92. The van der Waals surface area contributed by atoms with Crippen LogP contribution >= 0.6 is 0 Å². The third-order valence-electron chi connectivity index (χ3n) is 5.35. The van der Waals surface area contributed by atoms with Crippen LogP contribution in [0.3, 0.4) is 0 Å². The molecule has 1 aromatic carbocycles. The van der Waals surface area contributed by atoms with Crippen molar-refractivity contribution < 1.29 is 14.0 Å². The average Bonchev–Trinajstić information content (AvgIpc) is 3.14. The van der Waals surface area contributed by atoms with Crippen molar-refractivity contribution in [3.05, 3.63) is 30.2 Å². The molecule has 6 heteroatoms. The zero-order valence-electron chi connectivity index (χ0n) is 15.4. The van der Waals surface area contributed by atoms with E-state index in [0.29, 0.717) is 11.7 Å². The zero-order chi connectivity index (χ0) is 17.8. The number of piperidine rings is 1. The van der Waals surface area contributed by atoms with E-state index in [4.69, 9.17) is 14.0 Å². The Bertz CT molecular complexity index is 687. The highest BCUT2D eigenvalue weighted by molar-refractivity contribution is 5.55. The Morgan fingerprint density at radius 3 is 2.54 bits per heavy atom. The summed E-state index contributed by atoms with van der Waals surface area (Å²) < 4.78 is 16.9. The fraction of sp³-hybridized carbons (Fsp3) is 0.600. The van der Waals surface area contributed by atoms with Gasteiger partial charge in [-0.05, 0) is 63.2 Å². The zero-order valence-corrected chi connectivity index (χ0v) is 15.4. The first-order valence-electron chi connectivity index (χ1n) is 9.62. The molecule has 3 heterocycles. The third kappa shape index (κ3) is 4.43. The summed E-state index contributed by atoms with van der Waals surface area (Å²) in [5, 5.41) is 4.16. The molecule has 0 radical (unpaired) electrons. The molecule has 2 aliphatic heterocycles. The van der Waals surface area contributed by atoms with Gasteiger partial charge in [-0.2, -0.15) is 4.98 Å². The molecule has 4 rings (SSSR count). The quantitative estimate of drug-likeness (QED) is 0.819. The largest absolute Gasteiger partial charge is 0.490 e. The third-order valence-corrected chi connectivity index (χ3v) is 5.35. The first-order chi connectivity index (χ1) is 12.8. The number of ether oxygens (including phenoxy) is 2. The first kappa shape index (κ1) is 17.5. The van der Waals surface area contributed by atoms with Crippen LogP contribution in [0.25, 0.3) is 11.4 Å². The minimum absolute atomic E-state index is 0.251. The number of hydrogen-bond acceptors (Lipinski definition) is 6. The van der Waals surface area contributed by atoms with Crippen LogP contribution in [0.1, 0.15) is 31.6 Å². The lowest BCUT2D eigenvalue weighted by Gasteiger charge is -2.27. The van der Waals surface area contributed by atoms with Crippen molar-refractivity contribution in [3.8, 4) is 17.1 Å². The normalized spacial score (nSPS) is 20.3. The van der Waals surface area contributed by atoms with Crippen LogP contribution in [0.4, 0.5) is 0 Å². The molecule has 0 saturated carbocycles. The molecule has 2 fully saturated rings. The average molecular weight is 357 g/mol. The Morgan fingerprint density at radius 1 is 1.08 bits per heavy atom. The SMILES string of the molecule is CN1CCC(Cc2nc(-c3ccc(OC4CCOCC4)cc3)no2)CC1. The van der Waals surface area contributed by atoms with Gasteiger partial charge in [0.25, 0.3) is 0 Å². The van der Waals surface area contributed by atoms with E-state index in [0.717, 1.165) is 62.8 Å². The highest BCUT2D eigenvalue weighted by Gasteiger charge is 2.20. The van der Waals surface area contributed by atoms with E-state index in [1.165, 1.54) is 12.8 Å². The Labute approximate surface area is 154 Å². The molecule has 0 unspecified atom stereocenters. The first-order valence-corrected chi connectivity index (χ1v) is 9.62. The van der Waals surface area contributed by atoms with Crippen LogP contribution in [0, 0.1) is 5.92 Å². The van der Waals surface area contributed by atoms with Crippen LogP contribution < -0.4 is 4.74 Å². The summed E-state index contributed by atoms with van der Waals surface area (Å²) in [7, 11) is 2.18. The van der Waals surface area contributed by atoms with Gasteiger partial charge in [0.05, 0.1) is 13.2 Å². The van der Waals surface area contributed by atoms with E-state index in [1.54, 1.807) is 0 Å². The van der Waals surface area contributed by atoms with Gasteiger partial charge < -0.3 is 18.9 Å². The van der Waals surface area contributed by atoms with Crippen LogP contribution in [-0.4, -0.2) is 54.5 Å². The van der Waals surface area contributed by atoms with Gasteiger partial charge in [0.2, 0.25) is 11.7 Å². The maximum absolute atomic E-state index is 6.01. The maximum Gasteiger partial charge on any atom is 0.227 e. The molecule has 0 amide bonds. The summed E-state index contributed by atoms with van der Waals surface area (Å²) in [5.41, 5.74) is 0.961. The molecule has 1 aromatic heterocycles. The van der Waals surface area contributed by atoms with E-state index >= 15 is 0 Å². The minimum Gasteiger partial charge on any atom is -0.490 e. The van der Waals surface area contributed by atoms with Crippen molar-refractivity contribution in [1.29, 1.82) is 0 Å². The molecule has 0 N–H and O–H groups in total. The van der Waals surface area contributed by atoms with Crippen molar-refractivity contribution in [2.24, 2.45) is 5.92 Å². The van der Waals surface area contributed by atoms with Crippen LogP contribution in [0.15, 0.2) is 28.8 Å². The Morgan fingerprint density at radius 2 is 1.81 bits per heavy atom. The Balaban J connectivity index is 1.34. The fourth-order valence-electron chi connectivity index (χ4n) is 3.64. The van der Waals surface area contributed by atoms with Gasteiger partial charge in [0.15, 0.2) is 0 Å². The molecular weight excluding hydrogens is 330 g/mol. The molecule has 2 aromatic rings. The van der Waals surface area contributed by atoms with Gasteiger partial charge in [0, 0.05) is 24.8 Å². The van der Waals surface area contributed by atoms with E-state index in [-0.39, 0.29) is 6.10 Å². The van der Waals surface area contributed by atoms with Gasteiger partial charge in [-0.3, -0.25) is 0 Å². The summed E-state index contributed by atoms with van der Waals surface area (Å²) in [4.78, 5) is 6.96. The van der Waals surface area contributed by atoms with Gasteiger partial charge in [-0.15, -0.1) is 0 Å². The van der Waals surface area contributed by atoms with Crippen molar-refractivity contribution >= 4 is 0 Å². The number of aromatic nitrogens is 2. The molecule has 0 spiro atoms. The van der Waals surface area contributed by atoms with Gasteiger partial charge >= 0.3 is 0 Å². The summed E-state index contributed by atoms with van der Waals surface area (Å²) in [6, 6.07) is 7.97. The van der Waals surface area contributed by atoms with Crippen molar-refractivity contribution in [2.75, 3.05) is 33.4 Å². The molecule has 6 nitrogen and oxygen atoms in total. The molecule has 2 aliphatic rings. The highest BCUT2D eigenvalue weighted by atomic mass is 16.5. The second-order valence-corrected chi connectivity index (χ2v) is 7.42. The van der Waals surface area contributed by atoms with Crippen LogP contribution in [0.5, 0.6) is 5.75 Å². The number of rotatable bonds is 5.